The summed E-state index contributed by atoms with van der Waals surface area (Å²) in [6.45, 7) is 8.59. The monoisotopic (exact) mass is 525 g/mol. The Morgan fingerprint density at radius 1 is 0.889 bits per heavy atom. The van der Waals surface area contributed by atoms with Crippen LogP contribution in [-0.4, -0.2) is 56.3 Å². The molecule has 0 saturated carbocycles. The van der Waals surface area contributed by atoms with Gasteiger partial charge in [0.05, 0.1) is 11.4 Å². The van der Waals surface area contributed by atoms with Crippen LogP contribution in [0.25, 0.3) is 0 Å². The van der Waals surface area contributed by atoms with Crippen LogP contribution in [0.5, 0.6) is 0 Å². The number of aryl methyl sites for hydroxylation is 2. The third kappa shape index (κ3) is 5.91. The van der Waals surface area contributed by atoms with Crippen molar-refractivity contribution in [3.05, 3.63) is 94.0 Å². The molecule has 1 heterocycles. The first-order valence-corrected chi connectivity index (χ1v) is 13.9. The van der Waals surface area contributed by atoms with Gasteiger partial charge in [-0.3, -0.25) is 4.79 Å². The summed E-state index contributed by atoms with van der Waals surface area (Å²) in [6.07, 6.45) is 0. The SMILES string of the molecule is Cc1ccc(CN(CC(=O)N2CCN(c3cccc(C)c3C)CC2)S(=O)(=O)c2ccc(Cl)cc2)cc1. The van der Waals surface area contributed by atoms with E-state index in [4.69, 9.17) is 11.6 Å². The van der Waals surface area contributed by atoms with Gasteiger partial charge in [-0.2, -0.15) is 4.31 Å². The Morgan fingerprint density at radius 3 is 2.17 bits per heavy atom. The average molecular weight is 526 g/mol. The van der Waals surface area contributed by atoms with E-state index in [9.17, 15) is 13.2 Å². The van der Waals surface area contributed by atoms with E-state index in [-0.39, 0.29) is 23.9 Å². The Bertz CT molecular complexity index is 1320. The van der Waals surface area contributed by atoms with Crippen molar-refractivity contribution in [2.45, 2.75) is 32.2 Å². The smallest absolute Gasteiger partial charge is 0.243 e. The number of nitrogens with zero attached hydrogens (tertiary/aromatic N) is 3. The molecule has 0 unspecified atom stereocenters. The lowest BCUT2D eigenvalue weighted by Gasteiger charge is -2.37. The van der Waals surface area contributed by atoms with Crippen LogP contribution >= 0.6 is 11.6 Å². The summed E-state index contributed by atoms with van der Waals surface area (Å²) >= 11 is 5.97. The molecule has 0 atom stereocenters. The van der Waals surface area contributed by atoms with Gasteiger partial charge in [0.1, 0.15) is 0 Å². The van der Waals surface area contributed by atoms with E-state index in [0.29, 0.717) is 31.2 Å². The first kappa shape index (κ1) is 26.2. The van der Waals surface area contributed by atoms with E-state index in [1.807, 2.05) is 31.2 Å². The van der Waals surface area contributed by atoms with Gasteiger partial charge in [-0.25, -0.2) is 8.42 Å². The van der Waals surface area contributed by atoms with Crippen molar-refractivity contribution < 1.29 is 13.2 Å². The second-order valence-electron chi connectivity index (χ2n) is 9.30. The van der Waals surface area contributed by atoms with Crippen molar-refractivity contribution in [1.29, 1.82) is 0 Å². The van der Waals surface area contributed by atoms with Gasteiger partial charge < -0.3 is 9.80 Å². The second-order valence-corrected chi connectivity index (χ2v) is 11.7. The van der Waals surface area contributed by atoms with Gasteiger partial charge in [-0.05, 0) is 67.8 Å². The van der Waals surface area contributed by atoms with Crippen LogP contribution in [0.15, 0.2) is 71.6 Å². The highest BCUT2D eigenvalue weighted by molar-refractivity contribution is 7.89. The molecule has 3 aromatic rings. The fourth-order valence-corrected chi connectivity index (χ4v) is 5.91. The largest absolute Gasteiger partial charge is 0.368 e. The fraction of sp³-hybridized carbons (Fsp3) is 0.321. The van der Waals surface area contributed by atoms with E-state index in [1.165, 1.54) is 33.3 Å². The van der Waals surface area contributed by atoms with Crippen LogP contribution < -0.4 is 4.90 Å². The second kappa shape index (κ2) is 11.0. The standard InChI is InChI=1S/C28H32ClN3O3S/c1-21-7-9-24(10-8-21)19-32(36(34,35)26-13-11-25(29)12-14-26)20-28(33)31-17-15-30(16-18-31)27-6-4-5-22(2)23(27)3/h4-14H,15-20H2,1-3H3. The zero-order valence-electron chi connectivity index (χ0n) is 20.9. The van der Waals surface area contributed by atoms with Crippen molar-refractivity contribution in [3.63, 3.8) is 0 Å². The summed E-state index contributed by atoms with van der Waals surface area (Å²) in [5.41, 5.74) is 5.59. The maximum Gasteiger partial charge on any atom is 0.243 e. The fourth-order valence-electron chi connectivity index (χ4n) is 4.40. The number of carbonyl (C=O) groups is 1. The van der Waals surface area contributed by atoms with Gasteiger partial charge in [0, 0.05) is 43.4 Å². The molecule has 0 N–H and O–H groups in total. The van der Waals surface area contributed by atoms with E-state index < -0.39 is 10.0 Å². The predicted molar refractivity (Wildman–Crippen MR) is 145 cm³/mol. The number of piperazine rings is 1. The van der Waals surface area contributed by atoms with Gasteiger partial charge in [0.2, 0.25) is 15.9 Å². The number of rotatable bonds is 7. The summed E-state index contributed by atoms with van der Waals surface area (Å²) in [5, 5.41) is 0.455. The van der Waals surface area contributed by atoms with E-state index in [1.54, 1.807) is 17.0 Å². The van der Waals surface area contributed by atoms with Gasteiger partial charge in [-0.15, -0.1) is 0 Å². The number of anilines is 1. The topological polar surface area (TPSA) is 60.9 Å². The molecule has 36 heavy (non-hydrogen) atoms. The molecule has 1 amide bonds. The minimum absolute atomic E-state index is 0.111. The molecule has 0 spiro atoms. The van der Waals surface area contributed by atoms with Crippen LogP contribution in [0.3, 0.4) is 0 Å². The summed E-state index contributed by atoms with van der Waals surface area (Å²) < 4.78 is 28.4. The van der Waals surface area contributed by atoms with Crippen molar-refractivity contribution in [3.8, 4) is 0 Å². The zero-order valence-corrected chi connectivity index (χ0v) is 22.5. The highest BCUT2D eigenvalue weighted by Gasteiger charge is 2.30. The van der Waals surface area contributed by atoms with E-state index >= 15 is 0 Å². The molecule has 0 bridgehead atoms. The quantitative estimate of drug-likeness (QED) is 0.444. The lowest BCUT2D eigenvalue weighted by molar-refractivity contribution is -0.131. The molecule has 4 rings (SSSR count). The maximum absolute atomic E-state index is 13.5. The lowest BCUT2D eigenvalue weighted by atomic mass is 10.1. The molecule has 3 aromatic carbocycles. The van der Waals surface area contributed by atoms with Crippen molar-refractivity contribution in [1.82, 2.24) is 9.21 Å². The number of amides is 1. The Morgan fingerprint density at radius 2 is 1.53 bits per heavy atom. The molecule has 0 aliphatic carbocycles. The van der Waals surface area contributed by atoms with Crippen molar-refractivity contribution >= 4 is 33.2 Å². The molecular formula is C28H32ClN3O3S. The normalized spacial score (nSPS) is 14.4. The lowest BCUT2D eigenvalue weighted by Crippen LogP contribution is -2.52. The van der Waals surface area contributed by atoms with Crippen molar-refractivity contribution in [2.24, 2.45) is 0 Å². The molecule has 6 nitrogen and oxygen atoms in total. The van der Waals surface area contributed by atoms with Crippen LogP contribution in [0, 0.1) is 20.8 Å². The number of halogens is 1. The van der Waals surface area contributed by atoms with Crippen LogP contribution in [0.1, 0.15) is 22.3 Å². The molecule has 0 aromatic heterocycles. The molecule has 1 saturated heterocycles. The summed E-state index contributed by atoms with van der Waals surface area (Å²) in [5.74, 6) is -0.194. The molecular weight excluding hydrogens is 494 g/mol. The molecule has 190 valence electrons. The minimum atomic E-state index is -3.91. The first-order valence-electron chi connectivity index (χ1n) is 12.1. The van der Waals surface area contributed by atoms with Crippen LogP contribution in [0.4, 0.5) is 5.69 Å². The number of hydrogen-bond acceptors (Lipinski definition) is 4. The Kier molecular flexibility index (Phi) is 8.03. The highest BCUT2D eigenvalue weighted by Crippen LogP contribution is 2.25. The van der Waals surface area contributed by atoms with Gasteiger partial charge >= 0.3 is 0 Å². The number of sulfonamides is 1. The highest BCUT2D eigenvalue weighted by atomic mass is 35.5. The first-order chi connectivity index (χ1) is 17.1. The van der Waals surface area contributed by atoms with Gasteiger partial charge in [0.25, 0.3) is 0 Å². The Hall–Kier alpha value is -2.87. The molecule has 8 heteroatoms. The van der Waals surface area contributed by atoms with Gasteiger partial charge in [-0.1, -0.05) is 53.6 Å². The maximum atomic E-state index is 13.5. The third-order valence-corrected chi connectivity index (χ3v) is 8.85. The minimum Gasteiger partial charge on any atom is -0.368 e. The summed E-state index contributed by atoms with van der Waals surface area (Å²) in [6, 6.07) is 20.0. The molecule has 1 aliphatic heterocycles. The van der Waals surface area contributed by atoms with Crippen LogP contribution in [-0.2, 0) is 21.4 Å². The van der Waals surface area contributed by atoms with E-state index in [0.717, 1.165) is 11.1 Å². The number of hydrogen-bond donors (Lipinski definition) is 0. The van der Waals surface area contributed by atoms with Crippen molar-refractivity contribution in [2.75, 3.05) is 37.6 Å². The molecule has 0 radical (unpaired) electrons. The Balaban J connectivity index is 1.50. The number of carbonyl (C=O) groups excluding carboxylic acids is 1. The molecule has 1 aliphatic rings. The number of benzene rings is 3. The predicted octanol–water partition coefficient (Wildman–Crippen LogP) is 4.80. The molecule has 1 fully saturated rings. The summed E-state index contributed by atoms with van der Waals surface area (Å²) in [7, 11) is -3.91. The summed E-state index contributed by atoms with van der Waals surface area (Å²) in [4.78, 5) is 17.5. The Labute approximate surface area is 219 Å². The zero-order chi connectivity index (χ0) is 25.9. The third-order valence-electron chi connectivity index (χ3n) is 6.79. The van der Waals surface area contributed by atoms with Crippen LogP contribution in [0.2, 0.25) is 5.02 Å². The van der Waals surface area contributed by atoms with Gasteiger partial charge in [0.15, 0.2) is 0 Å². The average Bonchev–Trinajstić information content (AvgIpc) is 2.87. The van der Waals surface area contributed by atoms with E-state index in [2.05, 4.69) is 36.9 Å².